The van der Waals surface area contributed by atoms with Crippen LogP contribution in [-0.4, -0.2) is 23.5 Å². The number of rotatable bonds is 4. The quantitative estimate of drug-likeness (QED) is 0.626. The Morgan fingerprint density at radius 3 is 2.56 bits per heavy atom. The average molecular weight is 367 g/mol. The van der Waals surface area contributed by atoms with E-state index in [-0.39, 0.29) is 16.7 Å². The first-order valence-corrected chi connectivity index (χ1v) is 9.57. The predicted octanol–water partition coefficient (Wildman–Crippen LogP) is 4.59. The largest absolute Gasteiger partial charge is 0.478 e. The molecule has 0 unspecified atom stereocenters. The van der Waals surface area contributed by atoms with Crippen LogP contribution in [0, 0.1) is 5.92 Å². The summed E-state index contributed by atoms with van der Waals surface area (Å²) >= 11 is 0. The predicted molar refractivity (Wildman–Crippen MR) is 108 cm³/mol. The van der Waals surface area contributed by atoms with Crippen molar-refractivity contribution in [2.24, 2.45) is 5.92 Å². The molecule has 0 radical (unpaired) electrons. The molecule has 3 rings (SSSR count). The van der Waals surface area contributed by atoms with Gasteiger partial charge in [0.2, 0.25) is 5.91 Å². The van der Waals surface area contributed by atoms with Crippen LogP contribution in [0.25, 0.3) is 0 Å². The van der Waals surface area contributed by atoms with Gasteiger partial charge in [0, 0.05) is 25.2 Å². The fraction of sp³-hybridized carbons (Fsp3) is 0.478. The third-order valence-corrected chi connectivity index (χ3v) is 6.26. The van der Waals surface area contributed by atoms with Gasteiger partial charge in [0.15, 0.2) is 0 Å². The van der Waals surface area contributed by atoms with Crippen LogP contribution in [0.2, 0.25) is 0 Å². The maximum absolute atomic E-state index is 12.0. The van der Waals surface area contributed by atoms with Crippen LogP contribution in [0.5, 0.6) is 0 Å². The maximum Gasteiger partial charge on any atom is 0.328 e. The summed E-state index contributed by atoms with van der Waals surface area (Å²) in [5.74, 6) is -0.412. The van der Waals surface area contributed by atoms with Gasteiger partial charge >= 0.3 is 5.97 Å². The van der Waals surface area contributed by atoms with Gasteiger partial charge in [-0.2, -0.15) is 0 Å². The van der Waals surface area contributed by atoms with Crippen molar-refractivity contribution in [1.29, 1.82) is 0 Å². The molecule has 1 aliphatic carbocycles. The van der Waals surface area contributed by atoms with E-state index >= 15 is 0 Å². The van der Waals surface area contributed by atoms with Gasteiger partial charge < -0.3 is 10.0 Å². The fourth-order valence-electron chi connectivity index (χ4n) is 4.16. The highest BCUT2D eigenvalue weighted by Gasteiger charge is 2.50. The van der Waals surface area contributed by atoms with Gasteiger partial charge in [0.25, 0.3) is 0 Å². The standard InChI is InChI=1S/C23H29NO3/c1-15(12-21(26)27)6-7-18-14-23(18,5)17-8-9-20-19(13-17)22(3,4)10-11-24(20)16(2)25/h6-9,12-13,18H,10-11,14H2,1-5H3,(H,26,27)/b7-6+,15-12+/t18-,23-/m1/s1. The Hall–Kier alpha value is -2.36. The van der Waals surface area contributed by atoms with Gasteiger partial charge in [-0.3, -0.25) is 4.79 Å². The highest BCUT2D eigenvalue weighted by Crippen LogP contribution is 2.56. The van der Waals surface area contributed by atoms with Crippen LogP contribution < -0.4 is 4.90 Å². The van der Waals surface area contributed by atoms with E-state index in [1.807, 2.05) is 17.9 Å². The summed E-state index contributed by atoms with van der Waals surface area (Å²) in [4.78, 5) is 24.7. The molecule has 0 aromatic heterocycles. The topological polar surface area (TPSA) is 57.6 Å². The summed E-state index contributed by atoms with van der Waals surface area (Å²) in [6, 6.07) is 6.55. The number of carbonyl (C=O) groups is 2. The second-order valence-electron chi connectivity index (χ2n) is 8.85. The second kappa shape index (κ2) is 6.66. The minimum Gasteiger partial charge on any atom is -0.478 e. The maximum atomic E-state index is 12.0. The van der Waals surface area contributed by atoms with Gasteiger partial charge in [-0.1, -0.05) is 45.1 Å². The Bertz CT molecular complexity index is 849. The number of carboxylic acids is 1. The molecule has 0 spiro atoms. The molecule has 2 atom stereocenters. The molecular formula is C23H29NO3. The number of hydrogen-bond acceptors (Lipinski definition) is 2. The summed E-state index contributed by atoms with van der Waals surface area (Å²) in [6.07, 6.45) is 7.28. The van der Waals surface area contributed by atoms with E-state index in [0.29, 0.717) is 5.92 Å². The SMILES string of the molecule is CC(=O)N1CCC(C)(C)c2cc([C@@]3(C)C[C@H]3/C=C/C(C)=C/C(=O)O)ccc21. The number of fused-ring (bicyclic) bond motifs is 1. The Morgan fingerprint density at radius 1 is 1.22 bits per heavy atom. The van der Waals surface area contributed by atoms with Crippen molar-refractivity contribution in [3.8, 4) is 0 Å². The molecule has 1 amide bonds. The monoisotopic (exact) mass is 367 g/mol. The molecule has 4 heteroatoms. The number of allylic oxidation sites excluding steroid dienone is 3. The van der Waals surface area contributed by atoms with Gasteiger partial charge in [0.1, 0.15) is 0 Å². The molecule has 0 bridgehead atoms. The summed E-state index contributed by atoms with van der Waals surface area (Å²) < 4.78 is 0. The molecule has 1 aliphatic heterocycles. The molecular weight excluding hydrogens is 338 g/mol. The van der Waals surface area contributed by atoms with Crippen molar-refractivity contribution in [2.45, 2.75) is 58.3 Å². The van der Waals surface area contributed by atoms with Gasteiger partial charge in [0.05, 0.1) is 0 Å². The zero-order chi connectivity index (χ0) is 20.0. The van der Waals surface area contributed by atoms with Crippen molar-refractivity contribution in [3.05, 3.63) is 53.1 Å². The van der Waals surface area contributed by atoms with Gasteiger partial charge in [-0.25, -0.2) is 4.79 Å². The van der Waals surface area contributed by atoms with E-state index in [9.17, 15) is 9.59 Å². The molecule has 1 N–H and O–H groups in total. The zero-order valence-corrected chi connectivity index (χ0v) is 16.9. The Morgan fingerprint density at radius 2 is 1.93 bits per heavy atom. The van der Waals surface area contributed by atoms with Crippen LogP contribution in [0.3, 0.4) is 0 Å². The Labute approximate surface area is 161 Å². The van der Waals surface area contributed by atoms with Gasteiger partial charge in [-0.05, 0) is 59.3 Å². The third-order valence-electron chi connectivity index (χ3n) is 6.26. The number of carbonyl (C=O) groups excluding carboxylic acids is 1. The van der Waals surface area contributed by atoms with Crippen molar-refractivity contribution < 1.29 is 14.7 Å². The van der Waals surface area contributed by atoms with Crippen molar-refractivity contribution in [2.75, 3.05) is 11.4 Å². The van der Waals surface area contributed by atoms with E-state index in [0.717, 1.165) is 30.6 Å². The number of carboxylic acid groups (broad SMARTS) is 1. The van der Waals surface area contributed by atoms with Crippen LogP contribution >= 0.6 is 0 Å². The Balaban J connectivity index is 1.88. The van der Waals surface area contributed by atoms with Crippen molar-refractivity contribution in [3.63, 3.8) is 0 Å². The number of nitrogens with zero attached hydrogens (tertiary/aromatic N) is 1. The van der Waals surface area contributed by atoms with Gasteiger partial charge in [-0.15, -0.1) is 0 Å². The van der Waals surface area contributed by atoms with E-state index < -0.39 is 5.97 Å². The summed E-state index contributed by atoms with van der Waals surface area (Å²) in [5.41, 5.74) is 4.46. The molecule has 0 saturated heterocycles. The molecule has 1 heterocycles. The van der Waals surface area contributed by atoms with Crippen LogP contribution in [0.1, 0.15) is 58.6 Å². The first-order valence-electron chi connectivity index (χ1n) is 9.57. The number of hydrogen-bond donors (Lipinski definition) is 1. The fourth-order valence-corrected chi connectivity index (χ4v) is 4.16. The molecule has 1 aromatic carbocycles. The van der Waals surface area contributed by atoms with Crippen molar-refractivity contribution in [1.82, 2.24) is 0 Å². The van der Waals surface area contributed by atoms with Crippen LogP contribution in [0.15, 0.2) is 42.0 Å². The highest BCUT2D eigenvalue weighted by molar-refractivity contribution is 5.93. The van der Waals surface area contributed by atoms with Crippen LogP contribution in [-0.2, 0) is 20.4 Å². The van der Waals surface area contributed by atoms with E-state index in [1.165, 1.54) is 17.2 Å². The zero-order valence-electron chi connectivity index (χ0n) is 16.9. The van der Waals surface area contributed by atoms with E-state index in [2.05, 4.69) is 45.0 Å². The Kier molecular flexibility index (Phi) is 4.79. The normalized spacial score (nSPS) is 26.8. The molecule has 1 fully saturated rings. The summed E-state index contributed by atoms with van der Waals surface area (Å²) in [5, 5.41) is 8.83. The number of anilines is 1. The molecule has 144 valence electrons. The lowest BCUT2D eigenvalue weighted by Gasteiger charge is -2.39. The lowest BCUT2D eigenvalue weighted by atomic mass is 9.76. The number of benzene rings is 1. The summed E-state index contributed by atoms with van der Waals surface area (Å²) in [6.45, 7) is 11.0. The lowest BCUT2D eigenvalue weighted by Crippen LogP contribution is -2.40. The first kappa shape index (κ1) is 19.4. The van der Waals surface area contributed by atoms with E-state index in [1.54, 1.807) is 6.92 Å². The van der Waals surface area contributed by atoms with Crippen LogP contribution in [0.4, 0.5) is 5.69 Å². The molecule has 1 aromatic rings. The first-order chi connectivity index (χ1) is 12.5. The molecule has 1 saturated carbocycles. The lowest BCUT2D eigenvalue weighted by molar-refractivity contribution is -0.131. The van der Waals surface area contributed by atoms with Crippen molar-refractivity contribution >= 4 is 17.6 Å². The third kappa shape index (κ3) is 3.71. The molecule has 2 aliphatic rings. The summed E-state index contributed by atoms with van der Waals surface area (Å²) in [7, 11) is 0. The molecule has 27 heavy (non-hydrogen) atoms. The minimum absolute atomic E-state index is 0.0503. The number of amides is 1. The average Bonchev–Trinajstić information content (AvgIpc) is 3.23. The van der Waals surface area contributed by atoms with E-state index in [4.69, 9.17) is 5.11 Å². The number of aliphatic carboxylic acids is 1. The second-order valence-corrected chi connectivity index (χ2v) is 8.85. The highest BCUT2D eigenvalue weighted by atomic mass is 16.4. The smallest absolute Gasteiger partial charge is 0.328 e. The molecule has 4 nitrogen and oxygen atoms in total. The minimum atomic E-state index is -0.914.